The van der Waals surface area contributed by atoms with E-state index in [1.807, 2.05) is 74.4 Å². The number of amides is 14. The second kappa shape index (κ2) is 48.9. The van der Waals surface area contributed by atoms with Gasteiger partial charge in [-0.15, -0.1) is 0 Å². The van der Waals surface area contributed by atoms with Crippen LogP contribution >= 0.6 is 0 Å². The van der Waals surface area contributed by atoms with Crippen LogP contribution in [0.3, 0.4) is 0 Å². The molecule has 0 fully saturated rings. The van der Waals surface area contributed by atoms with E-state index in [9.17, 15) is 166 Å². The lowest BCUT2D eigenvalue weighted by atomic mass is 10.1. The lowest BCUT2D eigenvalue weighted by Gasteiger charge is -2.25. The molecule has 0 aliphatic rings. The summed E-state index contributed by atoms with van der Waals surface area (Å²) in [5.74, 6) is -35.3. The third-order valence-electron chi connectivity index (χ3n) is 13.8. The molecule has 107 heavy (non-hydrogen) atoms. The Balaban J connectivity index is 6.21. The molecule has 0 aromatic carbocycles. The second-order valence-electron chi connectivity index (χ2n) is 22.4. The van der Waals surface area contributed by atoms with E-state index in [2.05, 4.69) is 0 Å². The summed E-state index contributed by atoms with van der Waals surface area (Å²) in [5.41, 5.74) is 5.42. The monoisotopic (exact) mass is 1540 g/mol. The van der Waals surface area contributed by atoms with E-state index < -0.39 is 345 Å². The topological polar surface area (TPSA) is 847 Å². The van der Waals surface area contributed by atoms with Crippen LogP contribution in [0, 0.1) is 0 Å². The molecule has 14 amide bonds. The second-order valence-corrected chi connectivity index (χ2v) is 22.4. The number of rotatable bonds is 55. The highest BCUT2D eigenvalue weighted by Gasteiger charge is 2.36. The number of aliphatic carboxylic acids is 10. The van der Waals surface area contributed by atoms with Crippen molar-refractivity contribution in [3.05, 3.63) is 0 Å². The number of nitrogens with one attached hydrogen (secondary N) is 14. The van der Waals surface area contributed by atoms with E-state index in [0.717, 1.165) is 0 Å². The molecule has 596 valence electrons. The molecule has 0 aromatic rings. The fraction of sp³-hybridized carbons (Fsp3) is 0.571. The van der Waals surface area contributed by atoms with Crippen molar-refractivity contribution in [1.82, 2.24) is 74.4 Å². The van der Waals surface area contributed by atoms with Crippen molar-refractivity contribution in [2.45, 2.75) is 163 Å². The van der Waals surface area contributed by atoms with E-state index in [-0.39, 0.29) is 0 Å². The summed E-state index contributed by atoms with van der Waals surface area (Å²) >= 11 is 0. The summed E-state index contributed by atoms with van der Waals surface area (Å²) in [5, 5.41) is 140. The molecule has 0 heterocycles. The largest absolute Gasteiger partial charge is 0.481 e. The molecular formula is C56H81N15O36. The Morgan fingerprint density at radius 3 is 0.682 bits per heavy atom. The molecule has 11 atom stereocenters. The zero-order valence-electron chi connectivity index (χ0n) is 55.9. The van der Waals surface area contributed by atoms with Gasteiger partial charge in [0.25, 0.3) is 0 Å². The predicted molar refractivity (Wildman–Crippen MR) is 339 cm³/mol. The van der Waals surface area contributed by atoms with Gasteiger partial charge < -0.3 is 141 Å². The number of carbonyl (C=O) groups is 24. The summed E-state index contributed by atoms with van der Waals surface area (Å²) in [4.78, 5) is 297. The van der Waals surface area contributed by atoms with Crippen molar-refractivity contribution < 1.29 is 176 Å². The van der Waals surface area contributed by atoms with Gasteiger partial charge in [0.1, 0.15) is 60.4 Å². The first-order chi connectivity index (χ1) is 49.9. The number of aliphatic hydroxyl groups excluding tert-OH is 2. The third-order valence-corrected chi connectivity index (χ3v) is 13.8. The summed E-state index contributed by atoms with van der Waals surface area (Å²) in [6.07, 6.45) is -13.3. The maximum absolute atomic E-state index is 13.8. The van der Waals surface area contributed by atoms with E-state index in [1.165, 1.54) is 0 Å². The van der Waals surface area contributed by atoms with Gasteiger partial charge in [-0.05, 0) is 38.5 Å². The Hall–Kier alpha value is -12.8. The number of carboxylic acids is 10. The zero-order chi connectivity index (χ0) is 82.0. The Kier molecular flexibility index (Phi) is 43.1. The summed E-state index contributed by atoms with van der Waals surface area (Å²) in [7, 11) is 0. The molecule has 0 aromatic heterocycles. The Morgan fingerprint density at radius 2 is 0.421 bits per heavy atom. The number of hydrogen-bond acceptors (Lipinski definition) is 27. The number of hydrogen-bond donors (Lipinski definition) is 27. The molecule has 0 rings (SSSR count). The van der Waals surface area contributed by atoms with Crippen LogP contribution in [0.15, 0.2) is 0 Å². The number of carbonyl (C=O) groups excluding carboxylic acids is 14. The van der Waals surface area contributed by atoms with Crippen LogP contribution in [-0.2, 0) is 115 Å². The molecule has 0 spiro atoms. The Labute approximate surface area is 599 Å². The fourth-order valence-electron chi connectivity index (χ4n) is 8.43. The molecule has 0 saturated carbocycles. The number of carboxylic acid groups (broad SMARTS) is 10. The zero-order valence-corrected chi connectivity index (χ0v) is 55.9. The van der Waals surface area contributed by atoms with Crippen LogP contribution in [0.1, 0.15) is 96.3 Å². The van der Waals surface area contributed by atoms with Gasteiger partial charge >= 0.3 is 59.7 Å². The van der Waals surface area contributed by atoms with E-state index in [1.54, 1.807) is 0 Å². The van der Waals surface area contributed by atoms with Crippen LogP contribution in [0.5, 0.6) is 0 Å². The number of nitrogens with two attached hydrogens (primary N) is 1. The lowest BCUT2D eigenvalue weighted by Crippen LogP contribution is -2.58. The van der Waals surface area contributed by atoms with Crippen molar-refractivity contribution in [2.75, 3.05) is 39.4 Å². The first-order valence-electron chi connectivity index (χ1n) is 31.2. The molecule has 0 radical (unpaired) electrons. The highest BCUT2D eigenvalue weighted by atomic mass is 16.4. The van der Waals surface area contributed by atoms with Gasteiger partial charge in [-0.1, -0.05) is 0 Å². The maximum atomic E-state index is 13.8. The summed E-state index contributed by atoms with van der Waals surface area (Å²) < 4.78 is 0. The molecule has 0 aliphatic heterocycles. The highest BCUT2D eigenvalue weighted by Crippen LogP contribution is 2.10. The van der Waals surface area contributed by atoms with E-state index >= 15 is 0 Å². The number of aliphatic hydroxyl groups is 2. The minimum absolute atomic E-state index is 0.664. The summed E-state index contributed by atoms with van der Waals surface area (Å²) in [6.45, 7) is -7.13. The third kappa shape index (κ3) is 41.2. The first-order valence-corrected chi connectivity index (χ1v) is 31.2. The summed E-state index contributed by atoms with van der Waals surface area (Å²) in [6, 6.07) is -21.6. The van der Waals surface area contributed by atoms with Crippen molar-refractivity contribution >= 4 is 142 Å². The standard InChI is InChI=1S/C56H81N15O36/c57-22(13-43(90)91)46(96)70-30(15-45(94)95)55(105)71-29(14-44(92)93)48(98)59-19-36(77)65-32(21-73)50(100)61-16-33(74)62-24(2-8-38(80)81)51(101)67-26(4-10-40(84)85)53(103)66-23(1-7-37(78)79)47(97)58-18-35(76)64-31(20-72)49(99)60-17-34(75)63-25(3-9-39(82)83)52(102)68-27(5-11-41(86)87)54(104)69-28(56(106)107)6-12-42(88)89/h22-32,72-73H,1-21,57H2,(H,58,97)(H,59,98)(H,60,99)(H,61,100)(H,62,74)(H,63,75)(H,64,76)(H,65,77)(H,66,103)(H,67,101)(H,68,102)(H,69,104)(H,70,96)(H,71,105)(H,78,79)(H,80,81)(H,82,83)(H,84,85)(H,86,87)(H,88,89)(H,90,91)(H,92,93)(H,94,95)(H,106,107)/t22-,23-,24-,25-,26-,27-,28-,29-,30-,31-,32-/m0/s1. The first kappa shape index (κ1) is 94.2. The predicted octanol–water partition coefficient (Wildman–Crippen LogP) is -13.7. The van der Waals surface area contributed by atoms with Crippen molar-refractivity contribution in [3.8, 4) is 0 Å². The molecule has 51 heteroatoms. The van der Waals surface area contributed by atoms with Crippen LogP contribution < -0.4 is 80.2 Å². The SMILES string of the molecule is N[C@@H](CC(=O)O)C(=O)N[C@@H](CC(=O)O)C(=O)N[C@@H](CC(=O)O)C(=O)NCC(=O)N[C@@H](CO)C(=O)NCC(=O)N[C@@H](CCC(=O)O)C(=O)N[C@@H](CCC(=O)O)C(=O)N[C@@H](CCC(=O)O)C(=O)NCC(=O)N[C@@H](CO)C(=O)NCC(=O)N[C@@H](CCC(=O)O)C(=O)N[C@@H](CCC(=O)O)C(=O)N[C@@H](CCC(=O)O)C(=O)O. The quantitative estimate of drug-likeness (QED) is 0.0269. The molecule has 0 saturated heterocycles. The van der Waals surface area contributed by atoms with Crippen molar-refractivity contribution in [3.63, 3.8) is 0 Å². The molecule has 28 N–H and O–H groups in total. The van der Waals surface area contributed by atoms with Gasteiger partial charge in [-0.3, -0.25) is 110 Å². The minimum Gasteiger partial charge on any atom is -0.481 e. The van der Waals surface area contributed by atoms with Gasteiger partial charge in [0.15, 0.2) is 0 Å². The maximum Gasteiger partial charge on any atom is 0.326 e. The Bertz CT molecular complexity index is 3330. The van der Waals surface area contributed by atoms with E-state index in [4.69, 9.17) is 15.9 Å². The Morgan fingerprint density at radius 1 is 0.224 bits per heavy atom. The average Bonchev–Trinajstić information content (AvgIpc) is 0.873. The minimum atomic E-state index is -2.12. The fourth-order valence-corrected chi connectivity index (χ4v) is 8.43. The normalized spacial score (nSPS) is 13.7. The van der Waals surface area contributed by atoms with Crippen LogP contribution in [0.4, 0.5) is 0 Å². The van der Waals surface area contributed by atoms with Gasteiger partial charge in [-0.25, -0.2) is 4.79 Å². The highest BCUT2D eigenvalue weighted by molar-refractivity contribution is 6.00. The van der Waals surface area contributed by atoms with Crippen LogP contribution in [0.25, 0.3) is 0 Å². The molecule has 0 bridgehead atoms. The van der Waals surface area contributed by atoms with Gasteiger partial charge in [0.05, 0.1) is 64.7 Å². The molecule has 51 nitrogen and oxygen atoms in total. The van der Waals surface area contributed by atoms with Gasteiger partial charge in [0, 0.05) is 38.5 Å². The van der Waals surface area contributed by atoms with Crippen LogP contribution in [0.2, 0.25) is 0 Å². The average molecular weight is 1540 g/mol. The smallest absolute Gasteiger partial charge is 0.326 e. The molecule has 0 unspecified atom stereocenters. The van der Waals surface area contributed by atoms with Crippen molar-refractivity contribution in [2.24, 2.45) is 5.73 Å². The molecule has 0 aliphatic carbocycles. The van der Waals surface area contributed by atoms with Gasteiger partial charge in [-0.2, -0.15) is 0 Å². The van der Waals surface area contributed by atoms with Gasteiger partial charge in [0.2, 0.25) is 82.7 Å². The van der Waals surface area contributed by atoms with E-state index in [0.29, 0.717) is 0 Å². The lowest BCUT2D eigenvalue weighted by molar-refractivity contribution is -0.144. The van der Waals surface area contributed by atoms with Crippen LogP contribution in [-0.4, -0.2) is 310 Å². The van der Waals surface area contributed by atoms with Crippen molar-refractivity contribution in [1.29, 1.82) is 0 Å². The molecular weight excluding hydrogens is 1460 g/mol.